The Morgan fingerprint density at radius 1 is 0.607 bits per heavy atom. The Labute approximate surface area is 176 Å². The molecule has 0 rings (SSSR count). The fraction of sp³-hybridized carbons (Fsp3) is 0.667. The number of allylic oxidation sites excluding steroid dienone is 8. The molecule has 0 heterocycles. The smallest absolute Gasteiger partial charge is 0.123 e. The van der Waals surface area contributed by atoms with E-state index in [4.69, 9.17) is 0 Å². The predicted molar refractivity (Wildman–Crippen MR) is 127 cm³/mol. The molecular formula is C27H46O. The highest BCUT2D eigenvalue weighted by molar-refractivity contribution is 5.53. The Morgan fingerprint density at radius 2 is 1.07 bits per heavy atom. The largest absolute Gasteiger partial charge is 0.303 e. The number of carbonyl (C=O) groups excluding carboxylic acids is 1. The second-order valence-corrected chi connectivity index (χ2v) is 7.83. The van der Waals surface area contributed by atoms with Crippen molar-refractivity contribution in [2.75, 3.05) is 0 Å². The third kappa shape index (κ3) is 20.9. The summed E-state index contributed by atoms with van der Waals surface area (Å²) in [6.45, 7) is 4.25. The minimum atomic E-state index is 0.298. The molecule has 0 aliphatic rings. The molecule has 160 valence electrons. The molecular weight excluding hydrogens is 340 g/mol. The minimum absolute atomic E-state index is 0.298. The van der Waals surface area contributed by atoms with Crippen molar-refractivity contribution >= 4 is 6.29 Å². The van der Waals surface area contributed by atoms with Crippen molar-refractivity contribution in [2.45, 2.75) is 110 Å². The molecule has 0 fully saturated rings. The third-order valence-corrected chi connectivity index (χ3v) is 5.11. The molecule has 28 heavy (non-hydrogen) atoms. The van der Waals surface area contributed by atoms with Crippen LogP contribution in [-0.2, 0) is 4.79 Å². The Bertz CT molecular complexity index is 428. The average molecular weight is 387 g/mol. The molecule has 0 aromatic carbocycles. The van der Waals surface area contributed by atoms with Crippen LogP contribution in [0.15, 0.2) is 48.6 Å². The van der Waals surface area contributed by atoms with Crippen molar-refractivity contribution in [3.63, 3.8) is 0 Å². The highest BCUT2D eigenvalue weighted by Gasteiger charge is 2.06. The van der Waals surface area contributed by atoms with Gasteiger partial charge in [0, 0.05) is 5.92 Å². The number of unbranched alkanes of at least 4 members (excludes halogenated alkanes) is 10. The summed E-state index contributed by atoms with van der Waals surface area (Å²) in [6, 6.07) is 0. The molecule has 1 unspecified atom stereocenters. The summed E-state index contributed by atoms with van der Waals surface area (Å²) in [5.41, 5.74) is 0. The van der Waals surface area contributed by atoms with E-state index in [1.165, 1.54) is 89.8 Å². The fourth-order valence-electron chi connectivity index (χ4n) is 3.30. The summed E-state index contributed by atoms with van der Waals surface area (Å²) in [5, 5.41) is 0. The molecule has 0 bridgehead atoms. The molecule has 0 saturated carbocycles. The van der Waals surface area contributed by atoms with E-state index in [9.17, 15) is 4.79 Å². The molecule has 0 amide bonds. The van der Waals surface area contributed by atoms with Crippen molar-refractivity contribution in [3.05, 3.63) is 48.6 Å². The van der Waals surface area contributed by atoms with Gasteiger partial charge in [-0.1, -0.05) is 107 Å². The van der Waals surface area contributed by atoms with Gasteiger partial charge in [0.05, 0.1) is 0 Å². The van der Waals surface area contributed by atoms with Crippen molar-refractivity contribution in [1.29, 1.82) is 0 Å². The first kappa shape index (κ1) is 26.6. The maximum Gasteiger partial charge on any atom is 0.123 e. The van der Waals surface area contributed by atoms with Crippen molar-refractivity contribution < 1.29 is 4.79 Å². The molecule has 0 aliphatic heterocycles. The molecule has 1 heteroatoms. The van der Waals surface area contributed by atoms with Gasteiger partial charge in [0.25, 0.3) is 0 Å². The summed E-state index contributed by atoms with van der Waals surface area (Å²) in [6.07, 6.45) is 37.0. The number of hydrogen-bond donors (Lipinski definition) is 0. The van der Waals surface area contributed by atoms with E-state index >= 15 is 0 Å². The molecule has 0 aliphatic carbocycles. The van der Waals surface area contributed by atoms with Gasteiger partial charge in [-0.3, -0.25) is 0 Å². The van der Waals surface area contributed by atoms with Gasteiger partial charge < -0.3 is 4.79 Å². The molecule has 1 atom stereocenters. The predicted octanol–water partition coefficient (Wildman–Crippen LogP) is 8.92. The van der Waals surface area contributed by atoms with Gasteiger partial charge in [-0.05, 0) is 51.9 Å². The highest BCUT2D eigenvalue weighted by Crippen LogP contribution is 2.17. The van der Waals surface area contributed by atoms with Gasteiger partial charge in [0.2, 0.25) is 0 Å². The Balaban J connectivity index is 3.46. The maximum absolute atomic E-state index is 11.3. The van der Waals surface area contributed by atoms with Crippen LogP contribution >= 0.6 is 0 Å². The Kier molecular flexibility index (Phi) is 22.5. The standard InChI is InChI=1S/C27H46O/c1-3-5-7-9-11-13-15-17-19-21-23-25-27(26-28)24-22-20-18-16-14-12-10-8-6-4-2/h4,6-11,13,26-27H,3,5,12,14-25H2,1-2H3/b6-4-,9-7-,10-8-,13-11-. The van der Waals surface area contributed by atoms with Gasteiger partial charge in [-0.2, -0.15) is 0 Å². The van der Waals surface area contributed by atoms with Crippen molar-refractivity contribution in [3.8, 4) is 0 Å². The maximum atomic E-state index is 11.3. The van der Waals surface area contributed by atoms with Crippen LogP contribution < -0.4 is 0 Å². The zero-order chi connectivity index (χ0) is 20.5. The van der Waals surface area contributed by atoms with Crippen LogP contribution in [0.4, 0.5) is 0 Å². The lowest BCUT2D eigenvalue weighted by atomic mass is 9.95. The first-order valence-electron chi connectivity index (χ1n) is 11.9. The van der Waals surface area contributed by atoms with Crippen LogP contribution in [0.2, 0.25) is 0 Å². The third-order valence-electron chi connectivity index (χ3n) is 5.11. The second-order valence-electron chi connectivity index (χ2n) is 7.83. The molecule has 0 spiro atoms. The fourth-order valence-corrected chi connectivity index (χ4v) is 3.30. The summed E-state index contributed by atoms with van der Waals surface area (Å²) >= 11 is 0. The molecule has 0 saturated heterocycles. The SMILES string of the molecule is C/C=C\C=C/CCCCCCCC(C=O)CCCCCC/C=C\C=C/CCC. The molecule has 0 aromatic rings. The minimum Gasteiger partial charge on any atom is -0.303 e. The number of aldehydes is 1. The van der Waals surface area contributed by atoms with Crippen LogP contribution in [0.5, 0.6) is 0 Å². The van der Waals surface area contributed by atoms with Gasteiger partial charge in [0.15, 0.2) is 0 Å². The summed E-state index contributed by atoms with van der Waals surface area (Å²) < 4.78 is 0. The molecule has 0 N–H and O–H groups in total. The Morgan fingerprint density at radius 3 is 1.57 bits per heavy atom. The lowest BCUT2D eigenvalue weighted by Gasteiger charge is -2.09. The first-order valence-corrected chi connectivity index (χ1v) is 11.9. The summed E-state index contributed by atoms with van der Waals surface area (Å²) in [7, 11) is 0. The number of hydrogen-bond acceptors (Lipinski definition) is 1. The van der Waals surface area contributed by atoms with Gasteiger partial charge in [0.1, 0.15) is 6.29 Å². The Hall–Kier alpha value is -1.37. The molecule has 0 aromatic heterocycles. The number of carbonyl (C=O) groups is 1. The quantitative estimate of drug-likeness (QED) is 0.116. The monoisotopic (exact) mass is 386 g/mol. The van der Waals surface area contributed by atoms with E-state index in [1.54, 1.807) is 0 Å². The zero-order valence-electron chi connectivity index (χ0n) is 18.8. The van der Waals surface area contributed by atoms with E-state index < -0.39 is 0 Å². The van der Waals surface area contributed by atoms with Crippen LogP contribution in [0.25, 0.3) is 0 Å². The summed E-state index contributed by atoms with van der Waals surface area (Å²) in [5.74, 6) is 0.298. The van der Waals surface area contributed by atoms with Crippen LogP contribution in [0, 0.1) is 5.92 Å². The lowest BCUT2D eigenvalue weighted by molar-refractivity contribution is -0.111. The zero-order valence-corrected chi connectivity index (χ0v) is 18.8. The van der Waals surface area contributed by atoms with Gasteiger partial charge in [-0.25, -0.2) is 0 Å². The van der Waals surface area contributed by atoms with Gasteiger partial charge in [-0.15, -0.1) is 0 Å². The van der Waals surface area contributed by atoms with Crippen LogP contribution in [0.3, 0.4) is 0 Å². The number of rotatable bonds is 20. The lowest BCUT2D eigenvalue weighted by Crippen LogP contribution is -2.02. The topological polar surface area (TPSA) is 17.1 Å². The van der Waals surface area contributed by atoms with E-state index in [-0.39, 0.29) is 0 Å². The van der Waals surface area contributed by atoms with E-state index in [1.807, 2.05) is 6.92 Å². The van der Waals surface area contributed by atoms with Crippen molar-refractivity contribution in [2.24, 2.45) is 5.92 Å². The second kappa shape index (κ2) is 23.7. The normalized spacial score (nSPS) is 13.5. The van der Waals surface area contributed by atoms with E-state index in [0.29, 0.717) is 5.92 Å². The van der Waals surface area contributed by atoms with E-state index in [0.717, 1.165) is 12.8 Å². The average Bonchev–Trinajstić information content (AvgIpc) is 2.71. The van der Waals surface area contributed by atoms with Crippen LogP contribution in [0.1, 0.15) is 110 Å². The molecule has 1 nitrogen and oxygen atoms in total. The highest BCUT2D eigenvalue weighted by atomic mass is 16.1. The summed E-state index contributed by atoms with van der Waals surface area (Å²) in [4.78, 5) is 11.3. The molecule has 0 radical (unpaired) electrons. The van der Waals surface area contributed by atoms with Crippen molar-refractivity contribution in [1.82, 2.24) is 0 Å². The van der Waals surface area contributed by atoms with Crippen LogP contribution in [-0.4, -0.2) is 6.29 Å². The van der Waals surface area contributed by atoms with E-state index in [2.05, 4.69) is 55.5 Å². The van der Waals surface area contributed by atoms with Gasteiger partial charge >= 0.3 is 0 Å². The first-order chi connectivity index (χ1) is 13.8.